The molecule has 4 aliphatic rings. The van der Waals surface area contributed by atoms with Gasteiger partial charge in [-0.15, -0.1) is 5.10 Å². The van der Waals surface area contributed by atoms with Crippen LogP contribution in [0.2, 0.25) is 0 Å². The zero-order valence-corrected chi connectivity index (χ0v) is 18.8. The summed E-state index contributed by atoms with van der Waals surface area (Å²) in [5.74, 6) is 1.81. The van der Waals surface area contributed by atoms with E-state index < -0.39 is 0 Å². The first kappa shape index (κ1) is 21.2. The van der Waals surface area contributed by atoms with Crippen molar-refractivity contribution in [2.45, 2.75) is 32.0 Å². The lowest BCUT2D eigenvalue weighted by atomic mass is 9.75. The number of amides is 1. The van der Waals surface area contributed by atoms with Gasteiger partial charge in [-0.05, 0) is 37.4 Å². The number of nitrogens with two attached hydrogens (primary N) is 1. The summed E-state index contributed by atoms with van der Waals surface area (Å²) < 4.78 is 7.42. The van der Waals surface area contributed by atoms with E-state index in [2.05, 4.69) is 31.1 Å². The molecule has 2 bridgehead atoms. The molecule has 0 saturated carbocycles. The molecular weight excluding hydrogens is 406 g/mol. The highest BCUT2D eigenvalue weighted by Crippen LogP contribution is 2.38. The van der Waals surface area contributed by atoms with Crippen LogP contribution in [0.4, 0.5) is 5.69 Å². The Bertz CT molecular complexity index is 940. The highest BCUT2D eigenvalue weighted by atomic mass is 16.5. The molecule has 1 aromatic carbocycles. The second-order valence-corrected chi connectivity index (χ2v) is 9.16. The number of nitrogens with zero attached hydrogens (tertiary/aromatic N) is 6. The van der Waals surface area contributed by atoms with Crippen molar-refractivity contribution in [1.82, 2.24) is 24.8 Å². The van der Waals surface area contributed by atoms with Crippen molar-refractivity contribution in [3.63, 3.8) is 0 Å². The number of ether oxygens (including phenoxy) is 1. The van der Waals surface area contributed by atoms with E-state index in [1.54, 1.807) is 7.11 Å². The Morgan fingerprint density at radius 3 is 2.69 bits per heavy atom. The minimum absolute atomic E-state index is 0.119. The molecule has 32 heavy (non-hydrogen) atoms. The quantitative estimate of drug-likeness (QED) is 0.712. The minimum atomic E-state index is 0.119. The summed E-state index contributed by atoms with van der Waals surface area (Å²) in [6, 6.07) is 8.53. The maximum absolute atomic E-state index is 13.4. The molecule has 0 spiro atoms. The van der Waals surface area contributed by atoms with Gasteiger partial charge in [0.2, 0.25) is 5.91 Å². The van der Waals surface area contributed by atoms with Crippen LogP contribution in [0.5, 0.6) is 5.75 Å². The number of hydrogen-bond acceptors (Lipinski definition) is 7. The molecule has 2 N–H and O–H groups in total. The summed E-state index contributed by atoms with van der Waals surface area (Å²) in [6.45, 7) is 6.38. The van der Waals surface area contributed by atoms with Crippen LogP contribution in [0.3, 0.4) is 0 Å². The number of fused-ring (bicyclic) bond motifs is 3. The summed E-state index contributed by atoms with van der Waals surface area (Å²) in [6.07, 6.45) is 4.10. The number of piperazine rings is 1. The monoisotopic (exact) mass is 439 g/mol. The molecule has 2 aromatic rings. The van der Waals surface area contributed by atoms with Crippen LogP contribution in [0.1, 0.15) is 18.5 Å². The lowest BCUT2D eigenvalue weighted by Crippen LogP contribution is -2.60. The molecule has 4 saturated heterocycles. The first-order valence-electron chi connectivity index (χ1n) is 11.7. The number of aromatic nitrogens is 3. The van der Waals surface area contributed by atoms with Crippen molar-refractivity contribution < 1.29 is 9.53 Å². The van der Waals surface area contributed by atoms with E-state index in [0.29, 0.717) is 24.4 Å². The van der Waals surface area contributed by atoms with E-state index in [1.165, 1.54) is 0 Å². The molecule has 9 heteroatoms. The summed E-state index contributed by atoms with van der Waals surface area (Å²) in [7, 11) is 1.71. The molecule has 4 atom stereocenters. The second-order valence-electron chi connectivity index (χ2n) is 9.16. The number of carbonyl (C=O) groups excluding carboxylic acids is 1. The maximum atomic E-state index is 13.4. The van der Waals surface area contributed by atoms with Gasteiger partial charge in [0.25, 0.3) is 0 Å². The van der Waals surface area contributed by atoms with E-state index >= 15 is 0 Å². The number of piperidine rings is 3. The molecule has 1 amide bonds. The lowest BCUT2D eigenvalue weighted by molar-refractivity contribution is -0.144. The van der Waals surface area contributed by atoms with Crippen LogP contribution in [0.25, 0.3) is 0 Å². The van der Waals surface area contributed by atoms with Gasteiger partial charge in [0.05, 0.1) is 31.0 Å². The average Bonchev–Trinajstić information content (AvgIpc) is 3.31. The predicted molar refractivity (Wildman–Crippen MR) is 121 cm³/mol. The Hall–Kier alpha value is -2.65. The molecule has 1 aromatic heterocycles. The van der Waals surface area contributed by atoms with Crippen molar-refractivity contribution in [3.8, 4) is 5.75 Å². The Labute approximate surface area is 189 Å². The first-order chi connectivity index (χ1) is 15.7. The largest absolute Gasteiger partial charge is 0.495 e. The SMILES string of the molecule is COc1ccccc1N1CCN(C(=O)[C@H]2CN3CCC2C[C@@H]3Cn2cc(CN)nn2)CC1. The number of carbonyl (C=O) groups is 1. The van der Waals surface area contributed by atoms with Gasteiger partial charge in [0.1, 0.15) is 5.75 Å². The zero-order valence-electron chi connectivity index (χ0n) is 18.8. The van der Waals surface area contributed by atoms with Gasteiger partial charge in [0, 0.05) is 51.5 Å². The summed E-state index contributed by atoms with van der Waals surface area (Å²) >= 11 is 0. The van der Waals surface area contributed by atoms with E-state index in [1.807, 2.05) is 29.1 Å². The molecule has 9 nitrogen and oxygen atoms in total. The number of methoxy groups -OCH3 is 1. The molecule has 4 aliphatic heterocycles. The zero-order chi connectivity index (χ0) is 22.1. The van der Waals surface area contributed by atoms with E-state index in [4.69, 9.17) is 10.5 Å². The number of anilines is 1. The van der Waals surface area contributed by atoms with Gasteiger partial charge < -0.3 is 20.3 Å². The van der Waals surface area contributed by atoms with E-state index in [9.17, 15) is 4.79 Å². The summed E-state index contributed by atoms with van der Waals surface area (Å²) in [5.41, 5.74) is 7.59. The molecule has 0 radical (unpaired) electrons. The number of benzene rings is 1. The standard InChI is InChI=1S/C23H33N7O2/c1-32-22-5-3-2-4-21(22)27-8-10-28(11-9-27)23(31)20-16-29-7-6-17(20)12-19(29)15-30-14-18(13-24)25-26-30/h2-5,14,17,19-20H,6-13,15-16,24H2,1H3/t17?,19-,20+/m1/s1. The van der Waals surface area contributed by atoms with Crippen LogP contribution in [-0.4, -0.2) is 83.1 Å². The van der Waals surface area contributed by atoms with E-state index in [0.717, 1.165) is 75.8 Å². The third-order valence-electron chi connectivity index (χ3n) is 7.41. The van der Waals surface area contributed by atoms with Crippen molar-refractivity contribution >= 4 is 11.6 Å². The van der Waals surface area contributed by atoms with Gasteiger partial charge in [-0.25, -0.2) is 0 Å². The van der Waals surface area contributed by atoms with Crippen molar-refractivity contribution in [2.24, 2.45) is 17.6 Å². The third-order valence-corrected chi connectivity index (χ3v) is 7.41. The summed E-state index contributed by atoms with van der Waals surface area (Å²) in [4.78, 5) is 20.3. The van der Waals surface area contributed by atoms with Crippen molar-refractivity contribution in [1.29, 1.82) is 0 Å². The van der Waals surface area contributed by atoms with Crippen molar-refractivity contribution in [3.05, 3.63) is 36.2 Å². The van der Waals surface area contributed by atoms with E-state index in [-0.39, 0.29) is 5.92 Å². The Morgan fingerprint density at radius 1 is 1.19 bits per heavy atom. The van der Waals surface area contributed by atoms with Crippen LogP contribution >= 0.6 is 0 Å². The molecule has 2 unspecified atom stereocenters. The third kappa shape index (κ3) is 4.06. The molecule has 4 fully saturated rings. The Balaban J connectivity index is 1.17. The van der Waals surface area contributed by atoms with Crippen molar-refractivity contribution in [2.75, 3.05) is 51.3 Å². The van der Waals surface area contributed by atoms with Gasteiger partial charge in [-0.1, -0.05) is 17.3 Å². The predicted octanol–water partition coefficient (Wildman–Crippen LogP) is 0.805. The van der Waals surface area contributed by atoms with Gasteiger partial charge in [0.15, 0.2) is 0 Å². The highest BCUT2D eigenvalue weighted by molar-refractivity contribution is 5.80. The second kappa shape index (κ2) is 9.07. The average molecular weight is 440 g/mol. The Morgan fingerprint density at radius 2 is 2.00 bits per heavy atom. The number of hydrogen-bond donors (Lipinski definition) is 1. The number of para-hydroxylation sites is 2. The Kier molecular flexibility index (Phi) is 6.01. The minimum Gasteiger partial charge on any atom is -0.495 e. The molecule has 0 aliphatic carbocycles. The molecular formula is C23H33N7O2. The molecule has 5 heterocycles. The fourth-order valence-corrected chi connectivity index (χ4v) is 5.64. The fraction of sp³-hybridized carbons (Fsp3) is 0.609. The highest BCUT2D eigenvalue weighted by Gasteiger charge is 2.44. The van der Waals surface area contributed by atoms with Crippen LogP contribution in [-0.2, 0) is 17.9 Å². The van der Waals surface area contributed by atoms with Gasteiger partial charge >= 0.3 is 0 Å². The van der Waals surface area contributed by atoms with Crippen LogP contribution in [0, 0.1) is 11.8 Å². The smallest absolute Gasteiger partial charge is 0.227 e. The number of rotatable bonds is 6. The van der Waals surface area contributed by atoms with Crippen LogP contribution in [0.15, 0.2) is 30.5 Å². The van der Waals surface area contributed by atoms with Crippen LogP contribution < -0.4 is 15.4 Å². The molecule has 6 rings (SSSR count). The maximum Gasteiger partial charge on any atom is 0.227 e. The normalized spacial score (nSPS) is 27.6. The van der Waals surface area contributed by atoms with Gasteiger partial charge in [-0.2, -0.15) is 0 Å². The van der Waals surface area contributed by atoms with Gasteiger partial charge in [-0.3, -0.25) is 14.4 Å². The fourth-order valence-electron chi connectivity index (χ4n) is 5.64. The summed E-state index contributed by atoms with van der Waals surface area (Å²) in [5, 5.41) is 8.31. The lowest BCUT2D eigenvalue weighted by Gasteiger charge is -2.50. The topological polar surface area (TPSA) is 92.8 Å². The first-order valence-corrected chi connectivity index (χ1v) is 11.7. The molecule has 172 valence electrons.